The monoisotopic (exact) mass is 685 g/mol. The Balaban J connectivity index is 2.10. The van der Waals surface area contributed by atoms with Crippen LogP contribution in [-0.4, -0.2) is 41.7 Å². The lowest BCUT2D eigenvalue weighted by Crippen LogP contribution is -2.26. The molecular formula is C25H26Br3N3O5. The molecule has 0 fully saturated rings. The minimum absolute atomic E-state index is 0.00718. The maximum absolute atomic E-state index is 13.4. The molecule has 1 heterocycles. The van der Waals surface area contributed by atoms with Gasteiger partial charge in [0.2, 0.25) is 0 Å². The average molecular weight is 688 g/mol. The van der Waals surface area contributed by atoms with Gasteiger partial charge in [0.05, 0.1) is 35.3 Å². The molecule has 0 N–H and O–H groups in total. The molecule has 0 amide bonds. The third kappa shape index (κ3) is 6.00. The van der Waals surface area contributed by atoms with E-state index >= 15 is 0 Å². The van der Waals surface area contributed by atoms with E-state index in [4.69, 9.17) is 19.2 Å². The van der Waals surface area contributed by atoms with Gasteiger partial charge in [0.15, 0.2) is 17.6 Å². The van der Waals surface area contributed by atoms with Crippen LogP contribution in [0.3, 0.4) is 0 Å². The molecule has 0 saturated carbocycles. The fourth-order valence-corrected chi connectivity index (χ4v) is 4.62. The van der Waals surface area contributed by atoms with Crippen LogP contribution in [0.5, 0.6) is 11.5 Å². The van der Waals surface area contributed by atoms with Crippen LogP contribution < -0.4 is 15.0 Å². The summed E-state index contributed by atoms with van der Waals surface area (Å²) >= 11 is 10.5. The first-order valence-corrected chi connectivity index (χ1v) is 13.7. The van der Waals surface area contributed by atoms with E-state index in [1.807, 2.05) is 26.0 Å². The zero-order chi connectivity index (χ0) is 26.6. The fourth-order valence-electron chi connectivity index (χ4n) is 3.34. The van der Waals surface area contributed by atoms with Gasteiger partial charge < -0.3 is 14.2 Å². The number of ether oxygens (including phenoxy) is 3. The van der Waals surface area contributed by atoms with Gasteiger partial charge in [-0.05, 0) is 76.4 Å². The van der Waals surface area contributed by atoms with Crippen molar-refractivity contribution in [2.75, 3.05) is 13.7 Å². The highest BCUT2D eigenvalue weighted by Crippen LogP contribution is 2.43. The SMILES string of the molecule is CCOC(=O)[C@@H](C)Oc1c(OC)cc(C=Nn2c([C@H](C)CC)nc3ccc(Br)cc3c2=O)c(Br)c1Br. The summed E-state index contributed by atoms with van der Waals surface area (Å²) in [5, 5.41) is 4.99. The van der Waals surface area contributed by atoms with E-state index < -0.39 is 12.1 Å². The number of fused-ring (bicyclic) bond motifs is 1. The number of esters is 1. The van der Waals surface area contributed by atoms with Crippen molar-refractivity contribution < 1.29 is 19.0 Å². The Bertz CT molecular complexity index is 1370. The Labute approximate surface area is 234 Å². The van der Waals surface area contributed by atoms with Gasteiger partial charge in [0.1, 0.15) is 5.82 Å². The fraction of sp³-hybridized carbons (Fsp3) is 0.360. The third-order valence-electron chi connectivity index (χ3n) is 5.49. The molecule has 11 heteroatoms. The lowest BCUT2D eigenvalue weighted by atomic mass is 10.1. The second kappa shape index (κ2) is 12.3. The topological polar surface area (TPSA) is 92.0 Å². The van der Waals surface area contributed by atoms with Crippen LogP contribution in [0.15, 0.2) is 47.6 Å². The van der Waals surface area contributed by atoms with E-state index in [1.165, 1.54) is 11.8 Å². The van der Waals surface area contributed by atoms with Crippen molar-refractivity contribution in [3.63, 3.8) is 0 Å². The highest BCUT2D eigenvalue weighted by molar-refractivity contribution is 9.13. The average Bonchev–Trinajstić information content (AvgIpc) is 2.86. The van der Waals surface area contributed by atoms with Crippen molar-refractivity contribution >= 4 is 70.9 Å². The lowest BCUT2D eigenvalue weighted by Gasteiger charge is -2.19. The van der Waals surface area contributed by atoms with E-state index in [0.717, 1.165) is 10.9 Å². The van der Waals surface area contributed by atoms with Gasteiger partial charge in [0.25, 0.3) is 5.56 Å². The van der Waals surface area contributed by atoms with Crippen molar-refractivity contribution in [3.05, 3.63) is 59.4 Å². The highest BCUT2D eigenvalue weighted by atomic mass is 79.9. The Kier molecular flexibility index (Phi) is 9.71. The molecule has 36 heavy (non-hydrogen) atoms. The molecule has 2 aromatic carbocycles. The molecule has 1 aromatic heterocycles. The minimum atomic E-state index is -0.846. The quantitative estimate of drug-likeness (QED) is 0.191. The molecule has 192 valence electrons. The minimum Gasteiger partial charge on any atom is -0.493 e. The predicted octanol–water partition coefficient (Wildman–Crippen LogP) is 6.42. The summed E-state index contributed by atoms with van der Waals surface area (Å²) in [6.45, 7) is 7.62. The van der Waals surface area contributed by atoms with Gasteiger partial charge in [0, 0.05) is 20.4 Å². The highest BCUT2D eigenvalue weighted by Gasteiger charge is 2.23. The molecule has 0 saturated heterocycles. The smallest absolute Gasteiger partial charge is 0.347 e. The number of hydrogen-bond donors (Lipinski definition) is 0. The standard InChI is InChI=1S/C25H26Br3N3O5/c1-6-13(3)23-30-18-9-8-16(26)11-17(18)24(32)31(23)29-12-15-10-19(34-5)22(21(28)20(15)27)36-14(4)25(33)35-7-2/h8-14H,6-7H2,1-5H3/t13-,14-/m1/s1. The van der Waals surface area contributed by atoms with Crippen molar-refractivity contribution in [2.45, 2.75) is 46.1 Å². The maximum atomic E-state index is 13.4. The first-order chi connectivity index (χ1) is 17.1. The first kappa shape index (κ1) is 28.3. The maximum Gasteiger partial charge on any atom is 0.347 e. The summed E-state index contributed by atoms with van der Waals surface area (Å²) < 4.78 is 19.6. The molecule has 0 spiro atoms. The molecule has 8 nitrogen and oxygen atoms in total. The largest absolute Gasteiger partial charge is 0.493 e. The number of hydrogen-bond acceptors (Lipinski definition) is 7. The van der Waals surface area contributed by atoms with Crippen LogP contribution in [0.1, 0.15) is 51.4 Å². The van der Waals surface area contributed by atoms with Crippen LogP contribution >= 0.6 is 47.8 Å². The van der Waals surface area contributed by atoms with Gasteiger partial charge in [-0.25, -0.2) is 9.78 Å². The van der Waals surface area contributed by atoms with E-state index in [0.29, 0.717) is 42.7 Å². The molecule has 2 atom stereocenters. The summed E-state index contributed by atoms with van der Waals surface area (Å²) in [4.78, 5) is 30.2. The van der Waals surface area contributed by atoms with Gasteiger partial charge >= 0.3 is 5.97 Å². The van der Waals surface area contributed by atoms with Gasteiger partial charge in [-0.2, -0.15) is 9.78 Å². The number of carbonyl (C=O) groups is 1. The van der Waals surface area contributed by atoms with E-state index in [-0.39, 0.29) is 18.1 Å². The number of methoxy groups -OCH3 is 1. The Morgan fingerprint density at radius 1 is 1.17 bits per heavy atom. The number of rotatable bonds is 9. The lowest BCUT2D eigenvalue weighted by molar-refractivity contribution is -0.150. The summed E-state index contributed by atoms with van der Waals surface area (Å²) in [5.74, 6) is 0.793. The van der Waals surface area contributed by atoms with Crippen LogP contribution in [0.2, 0.25) is 0 Å². The zero-order valence-corrected chi connectivity index (χ0v) is 25.2. The molecule has 3 aromatic rings. The molecule has 0 aliphatic rings. The number of halogens is 3. The third-order valence-corrected chi connectivity index (χ3v) is 8.12. The van der Waals surface area contributed by atoms with E-state index in [1.54, 1.807) is 32.2 Å². The normalized spacial score (nSPS) is 13.1. The first-order valence-electron chi connectivity index (χ1n) is 11.3. The number of carbonyl (C=O) groups excluding carboxylic acids is 1. The summed E-state index contributed by atoms with van der Waals surface area (Å²) in [6, 6.07) is 7.11. The van der Waals surface area contributed by atoms with Crippen LogP contribution in [-0.2, 0) is 9.53 Å². The van der Waals surface area contributed by atoms with Gasteiger partial charge in [-0.15, -0.1) is 0 Å². The summed E-state index contributed by atoms with van der Waals surface area (Å²) in [6.07, 6.45) is 1.49. The number of benzene rings is 2. The number of aromatic nitrogens is 2. The molecule has 3 rings (SSSR count). The molecule has 0 radical (unpaired) electrons. The van der Waals surface area contributed by atoms with Crippen LogP contribution in [0.25, 0.3) is 10.9 Å². The van der Waals surface area contributed by atoms with E-state index in [2.05, 4.69) is 52.9 Å². The van der Waals surface area contributed by atoms with Crippen LogP contribution in [0.4, 0.5) is 0 Å². The van der Waals surface area contributed by atoms with Crippen molar-refractivity contribution in [1.29, 1.82) is 0 Å². The summed E-state index contributed by atoms with van der Waals surface area (Å²) in [5.41, 5.74) is 0.970. The molecule has 0 aliphatic heterocycles. The van der Waals surface area contributed by atoms with Crippen LogP contribution in [0, 0.1) is 0 Å². The second-order valence-electron chi connectivity index (χ2n) is 7.94. The van der Waals surface area contributed by atoms with Crippen molar-refractivity contribution in [3.8, 4) is 11.5 Å². The van der Waals surface area contributed by atoms with Crippen molar-refractivity contribution in [1.82, 2.24) is 9.66 Å². The molecule has 0 bridgehead atoms. The number of nitrogens with zero attached hydrogens (tertiary/aromatic N) is 3. The zero-order valence-electron chi connectivity index (χ0n) is 20.5. The molecular weight excluding hydrogens is 662 g/mol. The predicted molar refractivity (Wildman–Crippen MR) is 151 cm³/mol. The summed E-state index contributed by atoms with van der Waals surface area (Å²) in [7, 11) is 1.50. The van der Waals surface area contributed by atoms with Gasteiger partial charge in [-0.1, -0.05) is 29.8 Å². The Morgan fingerprint density at radius 3 is 2.53 bits per heavy atom. The van der Waals surface area contributed by atoms with Crippen molar-refractivity contribution in [2.24, 2.45) is 5.10 Å². The second-order valence-corrected chi connectivity index (χ2v) is 10.4. The Hall–Kier alpha value is -2.24. The molecule has 0 aliphatic carbocycles. The van der Waals surface area contributed by atoms with E-state index in [9.17, 15) is 9.59 Å². The Morgan fingerprint density at radius 2 is 1.89 bits per heavy atom. The molecule has 0 unspecified atom stereocenters. The van der Waals surface area contributed by atoms with Gasteiger partial charge in [-0.3, -0.25) is 4.79 Å².